The third kappa shape index (κ3) is 4.96. The standard InChI is InChI=1S/C32H29N3O5/c1-21-17-24-18-23(11-12-27(24)39-21)30(36)28-29(22-7-5-10-26(19-22)40-25-8-3-2-4-9-25)35(32(38)31(28)37)15-6-14-34-16-13-33-20-34/h2-5,7-13,16,18-21,29,36H,6,14-15,17H2,1H3/t21-,29-/m1/s1. The van der Waals surface area contributed by atoms with E-state index in [1.807, 2.05) is 78.4 Å². The van der Waals surface area contributed by atoms with E-state index >= 15 is 0 Å². The van der Waals surface area contributed by atoms with Gasteiger partial charge in [-0.15, -0.1) is 0 Å². The highest BCUT2D eigenvalue weighted by Crippen LogP contribution is 2.41. The number of imidazole rings is 1. The highest BCUT2D eigenvalue weighted by molar-refractivity contribution is 6.46. The van der Waals surface area contributed by atoms with Crippen molar-refractivity contribution < 1.29 is 24.2 Å². The number of benzene rings is 3. The molecule has 8 nitrogen and oxygen atoms in total. The predicted octanol–water partition coefficient (Wildman–Crippen LogP) is 5.51. The molecular weight excluding hydrogens is 506 g/mol. The minimum absolute atomic E-state index is 0.0424. The first-order valence-corrected chi connectivity index (χ1v) is 13.3. The van der Waals surface area contributed by atoms with E-state index in [0.717, 1.165) is 11.3 Å². The van der Waals surface area contributed by atoms with Gasteiger partial charge in [0.1, 0.15) is 29.1 Å². The number of ether oxygens (including phenoxy) is 2. The second-order valence-electron chi connectivity index (χ2n) is 10.1. The van der Waals surface area contributed by atoms with Crippen molar-refractivity contribution in [2.45, 2.75) is 38.5 Å². The molecule has 0 aliphatic carbocycles. The molecule has 1 amide bonds. The van der Waals surface area contributed by atoms with E-state index in [9.17, 15) is 14.7 Å². The Bertz CT molecular complexity index is 1580. The lowest BCUT2D eigenvalue weighted by molar-refractivity contribution is -0.139. The number of rotatable bonds is 8. The van der Waals surface area contributed by atoms with Gasteiger partial charge >= 0.3 is 0 Å². The van der Waals surface area contributed by atoms with E-state index in [1.165, 1.54) is 0 Å². The van der Waals surface area contributed by atoms with Crippen LogP contribution in [0.4, 0.5) is 0 Å². The molecule has 0 spiro atoms. The molecule has 2 aliphatic heterocycles. The number of aryl methyl sites for hydroxylation is 1. The summed E-state index contributed by atoms with van der Waals surface area (Å²) >= 11 is 0. The Balaban J connectivity index is 1.38. The normalized spacial score (nSPS) is 19.5. The number of aliphatic hydroxyl groups is 1. The van der Waals surface area contributed by atoms with Crippen LogP contribution in [-0.4, -0.2) is 43.9 Å². The van der Waals surface area contributed by atoms with Crippen LogP contribution in [-0.2, 0) is 22.6 Å². The minimum atomic E-state index is -0.773. The summed E-state index contributed by atoms with van der Waals surface area (Å²) in [4.78, 5) is 32.5. The second-order valence-corrected chi connectivity index (χ2v) is 10.1. The van der Waals surface area contributed by atoms with Gasteiger partial charge in [0.2, 0.25) is 0 Å². The highest BCUT2D eigenvalue weighted by atomic mass is 16.5. The summed E-state index contributed by atoms with van der Waals surface area (Å²) in [5.74, 6) is 0.470. The molecule has 2 atom stereocenters. The van der Waals surface area contributed by atoms with E-state index < -0.39 is 17.7 Å². The SMILES string of the molecule is C[C@@H]1Cc2cc(C(O)=C3C(=O)C(=O)N(CCCn4ccnc4)[C@@H]3c3cccc(Oc4ccccc4)c3)ccc2O1. The van der Waals surface area contributed by atoms with Gasteiger partial charge in [-0.05, 0) is 66.9 Å². The average molecular weight is 536 g/mol. The Kier molecular flexibility index (Phi) is 6.82. The monoisotopic (exact) mass is 535 g/mol. The Morgan fingerprint density at radius 3 is 2.65 bits per heavy atom. The number of carbonyl (C=O) groups excluding carboxylic acids is 2. The number of fused-ring (bicyclic) bond motifs is 1. The number of aromatic nitrogens is 2. The lowest BCUT2D eigenvalue weighted by Gasteiger charge is -2.26. The fourth-order valence-corrected chi connectivity index (χ4v) is 5.40. The molecule has 1 N–H and O–H groups in total. The number of para-hydroxylation sites is 1. The zero-order chi connectivity index (χ0) is 27.6. The van der Waals surface area contributed by atoms with Gasteiger partial charge in [-0.1, -0.05) is 30.3 Å². The number of aliphatic hydroxyl groups excluding tert-OH is 1. The number of carbonyl (C=O) groups is 2. The van der Waals surface area contributed by atoms with E-state index in [2.05, 4.69) is 4.98 Å². The van der Waals surface area contributed by atoms with Crippen LogP contribution in [0, 0.1) is 0 Å². The molecule has 0 saturated carbocycles. The van der Waals surface area contributed by atoms with Crippen molar-refractivity contribution in [3.63, 3.8) is 0 Å². The number of Topliss-reactive ketones (excluding diaryl/α,β-unsaturated/α-hetero) is 1. The van der Waals surface area contributed by atoms with Crippen LogP contribution in [0.1, 0.15) is 36.1 Å². The molecule has 4 aromatic rings. The molecular formula is C32H29N3O5. The maximum absolute atomic E-state index is 13.5. The number of nitrogens with zero attached hydrogens (tertiary/aromatic N) is 3. The quantitative estimate of drug-likeness (QED) is 0.182. The first-order valence-electron chi connectivity index (χ1n) is 13.3. The maximum Gasteiger partial charge on any atom is 0.295 e. The van der Waals surface area contributed by atoms with E-state index in [4.69, 9.17) is 9.47 Å². The fraction of sp³-hybridized carbons (Fsp3) is 0.219. The lowest BCUT2D eigenvalue weighted by Crippen LogP contribution is -2.31. The van der Waals surface area contributed by atoms with Crippen LogP contribution in [0.3, 0.4) is 0 Å². The van der Waals surface area contributed by atoms with Gasteiger partial charge in [-0.3, -0.25) is 9.59 Å². The lowest BCUT2D eigenvalue weighted by atomic mass is 9.94. The van der Waals surface area contributed by atoms with Crippen LogP contribution in [0.5, 0.6) is 17.2 Å². The molecule has 0 bridgehead atoms. The number of amides is 1. The van der Waals surface area contributed by atoms with Gasteiger partial charge in [0.25, 0.3) is 11.7 Å². The van der Waals surface area contributed by atoms with E-state index in [1.54, 1.807) is 29.6 Å². The molecule has 202 valence electrons. The first kappa shape index (κ1) is 25.4. The van der Waals surface area contributed by atoms with Crippen molar-refractivity contribution in [3.05, 3.63) is 114 Å². The third-order valence-corrected chi connectivity index (χ3v) is 7.24. The molecule has 6 rings (SSSR count). The predicted molar refractivity (Wildman–Crippen MR) is 149 cm³/mol. The van der Waals surface area contributed by atoms with Gasteiger partial charge in [-0.2, -0.15) is 0 Å². The number of hydrogen-bond donors (Lipinski definition) is 1. The average Bonchev–Trinajstić information content (AvgIpc) is 3.67. The zero-order valence-electron chi connectivity index (χ0n) is 22.1. The topological polar surface area (TPSA) is 93.9 Å². The maximum atomic E-state index is 13.5. The Morgan fingerprint density at radius 2 is 1.85 bits per heavy atom. The van der Waals surface area contributed by atoms with E-state index in [0.29, 0.717) is 48.6 Å². The van der Waals surface area contributed by atoms with Crippen molar-refractivity contribution in [1.29, 1.82) is 0 Å². The number of hydrogen-bond acceptors (Lipinski definition) is 6. The van der Waals surface area contributed by atoms with Gasteiger partial charge in [0, 0.05) is 37.5 Å². The molecule has 40 heavy (non-hydrogen) atoms. The molecule has 8 heteroatoms. The van der Waals surface area contributed by atoms with E-state index in [-0.39, 0.29) is 17.4 Å². The molecule has 0 unspecified atom stereocenters. The molecule has 1 fully saturated rings. The number of likely N-dealkylation sites (tertiary alicyclic amines) is 1. The van der Waals surface area contributed by atoms with Crippen LogP contribution < -0.4 is 9.47 Å². The second kappa shape index (κ2) is 10.7. The molecule has 2 aliphatic rings. The third-order valence-electron chi connectivity index (χ3n) is 7.24. The van der Waals surface area contributed by atoms with Gasteiger partial charge in [0.05, 0.1) is 17.9 Å². The molecule has 1 saturated heterocycles. The van der Waals surface area contributed by atoms with Crippen LogP contribution >= 0.6 is 0 Å². The summed E-state index contributed by atoms with van der Waals surface area (Å²) in [6.07, 6.45) is 6.63. The van der Waals surface area contributed by atoms with Gasteiger partial charge in [-0.25, -0.2) is 4.98 Å². The van der Waals surface area contributed by atoms with Crippen molar-refractivity contribution in [1.82, 2.24) is 14.5 Å². The van der Waals surface area contributed by atoms with Crippen molar-refractivity contribution >= 4 is 17.4 Å². The fourth-order valence-electron chi connectivity index (χ4n) is 5.40. The smallest absolute Gasteiger partial charge is 0.295 e. The summed E-state index contributed by atoms with van der Waals surface area (Å²) in [6, 6.07) is 21.3. The largest absolute Gasteiger partial charge is 0.507 e. The first-order chi connectivity index (χ1) is 19.5. The van der Waals surface area contributed by atoms with Crippen LogP contribution in [0.25, 0.3) is 5.76 Å². The van der Waals surface area contributed by atoms with Crippen molar-refractivity contribution in [2.24, 2.45) is 0 Å². The summed E-state index contributed by atoms with van der Waals surface area (Å²) in [5, 5.41) is 11.5. The summed E-state index contributed by atoms with van der Waals surface area (Å²) in [6.45, 7) is 2.94. The summed E-state index contributed by atoms with van der Waals surface area (Å²) in [5.41, 5.74) is 2.18. The zero-order valence-corrected chi connectivity index (χ0v) is 22.1. The summed E-state index contributed by atoms with van der Waals surface area (Å²) in [7, 11) is 0. The van der Waals surface area contributed by atoms with Crippen molar-refractivity contribution in [2.75, 3.05) is 6.54 Å². The Hall–Kier alpha value is -4.85. The Labute approximate surface area is 232 Å². The van der Waals surface area contributed by atoms with Crippen molar-refractivity contribution in [3.8, 4) is 17.2 Å². The molecule has 3 aromatic carbocycles. The molecule has 3 heterocycles. The van der Waals surface area contributed by atoms with Gasteiger partial charge in [0.15, 0.2) is 0 Å². The Morgan fingerprint density at radius 1 is 1.02 bits per heavy atom. The molecule has 1 aromatic heterocycles. The minimum Gasteiger partial charge on any atom is -0.507 e. The summed E-state index contributed by atoms with van der Waals surface area (Å²) < 4.78 is 13.8. The molecule has 0 radical (unpaired) electrons. The van der Waals surface area contributed by atoms with Crippen LogP contribution in [0.2, 0.25) is 0 Å². The number of ketones is 1. The van der Waals surface area contributed by atoms with Gasteiger partial charge < -0.3 is 24.0 Å². The highest BCUT2D eigenvalue weighted by Gasteiger charge is 2.46. The van der Waals surface area contributed by atoms with Crippen LogP contribution in [0.15, 0.2) is 97.1 Å².